The van der Waals surface area contributed by atoms with Crippen LogP contribution in [-0.4, -0.2) is 66.9 Å². The highest BCUT2D eigenvalue weighted by molar-refractivity contribution is 5.95. The second-order valence-electron chi connectivity index (χ2n) is 8.54. The van der Waals surface area contributed by atoms with Crippen LogP contribution in [0.3, 0.4) is 0 Å². The molecule has 0 spiro atoms. The first-order chi connectivity index (χ1) is 17.7. The van der Waals surface area contributed by atoms with Gasteiger partial charge in [0.05, 0.1) is 13.1 Å². The quantitative estimate of drug-likeness (QED) is 0.426. The Morgan fingerprint density at radius 2 is 1.81 bits per heavy atom. The van der Waals surface area contributed by atoms with E-state index < -0.39 is 0 Å². The number of para-hydroxylation sites is 1. The van der Waals surface area contributed by atoms with Crippen LogP contribution in [0.2, 0.25) is 0 Å². The van der Waals surface area contributed by atoms with Crippen molar-refractivity contribution in [2.75, 3.05) is 55.9 Å². The minimum atomic E-state index is -0.00296. The fourth-order valence-electron chi connectivity index (χ4n) is 4.31. The summed E-state index contributed by atoms with van der Waals surface area (Å²) >= 11 is 0. The molecule has 0 aliphatic carbocycles. The molecule has 0 atom stereocenters. The van der Waals surface area contributed by atoms with Crippen LogP contribution in [0.1, 0.15) is 5.56 Å². The molecule has 0 radical (unpaired) electrons. The van der Waals surface area contributed by atoms with Crippen LogP contribution in [-0.2, 0) is 11.3 Å². The summed E-state index contributed by atoms with van der Waals surface area (Å²) in [6.07, 6.45) is 5.20. The Hall–Kier alpha value is -4.11. The summed E-state index contributed by atoms with van der Waals surface area (Å²) in [6, 6.07) is 15.2. The number of ether oxygens (including phenoxy) is 3. The minimum Gasteiger partial charge on any atom is -0.489 e. The molecule has 9 heteroatoms. The smallest absolute Gasteiger partial charge is 0.241 e. The minimum absolute atomic E-state index is 0.00296. The Bertz CT molecular complexity index is 1200. The lowest BCUT2D eigenvalue weighted by molar-refractivity contribution is -0.120. The van der Waals surface area contributed by atoms with Gasteiger partial charge in [0.2, 0.25) is 18.6 Å². The van der Waals surface area contributed by atoms with Gasteiger partial charge in [0.1, 0.15) is 12.4 Å². The van der Waals surface area contributed by atoms with Crippen molar-refractivity contribution in [3.63, 3.8) is 0 Å². The Morgan fingerprint density at radius 1 is 1.03 bits per heavy atom. The molecule has 2 aliphatic rings. The highest BCUT2D eigenvalue weighted by atomic mass is 16.7. The predicted octanol–water partition coefficient (Wildman–Crippen LogP) is 3.13. The fourth-order valence-corrected chi connectivity index (χ4v) is 4.31. The van der Waals surface area contributed by atoms with Gasteiger partial charge in [0, 0.05) is 55.9 Å². The molecule has 186 valence electrons. The maximum absolute atomic E-state index is 13.7. The van der Waals surface area contributed by atoms with E-state index in [-0.39, 0.29) is 12.7 Å². The molecule has 1 aromatic heterocycles. The van der Waals surface area contributed by atoms with Crippen LogP contribution in [0.4, 0.5) is 11.6 Å². The predicted molar refractivity (Wildman–Crippen MR) is 137 cm³/mol. The molecule has 9 nitrogen and oxygen atoms in total. The number of anilines is 2. The van der Waals surface area contributed by atoms with Gasteiger partial charge in [0.25, 0.3) is 0 Å². The van der Waals surface area contributed by atoms with Crippen molar-refractivity contribution < 1.29 is 19.0 Å². The monoisotopic (exact) mass is 487 g/mol. The van der Waals surface area contributed by atoms with Gasteiger partial charge >= 0.3 is 0 Å². The lowest BCUT2D eigenvalue weighted by atomic mass is 10.1. The Morgan fingerprint density at radius 3 is 2.61 bits per heavy atom. The van der Waals surface area contributed by atoms with Gasteiger partial charge in [0.15, 0.2) is 11.5 Å². The number of piperazine rings is 1. The molecule has 3 heterocycles. The molecule has 3 aromatic rings. The van der Waals surface area contributed by atoms with Crippen LogP contribution >= 0.6 is 0 Å². The van der Waals surface area contributed by atoms with Crippen LogP contribution in [0, 0.1) is 0 Å². The van der Waals surface area contributed by atoms with Gasteiger partial charge in [-0.1, -0.05) is 30.9 Å². The van der Waals surface area contributed by atoms with Gasteiger partial charge in [-0.2, -0.15) is 0 Å². The third kappa shape index (κ3) is 5.41. The molecule has 1 fully saturated rings. The molecular formula is C27H29N5O4. The zero-order chi connectivity index (χ0) is 24.7. The van der Waals surface area contributed by atoms with Crippen molar-refractivity contribution in [2.45, 2.75) is 6.54 Å². The molecule has 1 amide bonds. The Labute approximate surface area is 210 Å². The third-order valence-corrected chi connectivity index (χ3v) is 6.19. The number of hydrogen-bond acceptors (Lipinski definition) is 8. The Kier molecular flexibility index (Phi) is 7.28. The SMILES string of the molecule is C=CCOc1ccccc1CN(C(=O)CN1CCN(c2ncccn2)CC1)c1ccc2c(c1)OCO2. The number of nitrogens with zero attached hydrogens (tertiary/aromatic N) is 5. The van der Waals surface area contributed by atoms with E-state index in [1.54, 1.807) is 23.4 Å². The van der Waals surface area contributed by atoms with Gasteiger partial charge in [-0.25, -0.2) is 9.97 Å². The van der Waals surface area contributed by atoms with E-state index in [1.807, 2.05) is 48.5 Å². The van der Waals surface area contributed by atoms with Gasteiger partial charge in [-0.05, 0) is 24.3 Å². The second-order valence-corrected chi connectivity index (χ2v) is 8.54. The van der Waals surface area contributed by atoms with E-state index in [9.17, 15) is 4.79 Å². The topological polar surface area (TPSA) is 80.3 Å². The van der Waals surface area contributed by atoms with Crippen molar-refractivity contribution in [3.05, 3.63) is 79.1 Å². The first kappa shape index (κ1) is 23.6. The summed E-state index contributed by atoms with van der Waals surface area (Å²) in [7, 11) is 0. The maximum Gasteiger partial charge on any atom is 0.241 e. The largest absolute Gasteiger partial charge is 0.489 e. The molecule has 5 rings (SSSR count). The number of fused-ring (bicyclic) bond motifs is 1. The van der Waals surface area contributed by atoms with E-state index in [0.29, 0.717) is 31.2 Å². The number of hydrogen-bond donors (Lipinski definition) is 0. The standard InChI is InChI=1S/C27H29N5O4/c1-2-16-34-23-7-4-3-6-21(23)18-32(22-8-9-24-25(17-22)36-20-35-24)26(33)19-30-12-14-31(15-13-30)27-28-10-5-11-29-27/h2-11,17H,1,12-16,18-20H2. The molecule has 0 saturated carbocycles. The van der Waals surface area contributed by atoms with Gasteiger partial charge in [-0.15, -0.1) is 0 Å². The first-order valence-electron chi connectivity index (χ1n) is 12.0. The molecule has 2 aromatic carbocycles. The van der Waals surface area contributed by atoms with E-state index in [0.717, 1.165) is 49.1 Å². The van der Waals surface area contributed by atoms with E-state index >= 15 is 0 Å². The molecule has 0 bridgehead atoms. The molecule has 1 saturated heterocycles. The van der Waals surface area contributed by atoms with Crippen molar-refractivity contribution in [2.24, 2.45) is 0 Å². The van der Waals surface area contributed by atoms with Crippen LogP contribution in [0.15, 0.2) is 73.6 Å². The zero-order valence-electron chi connectivity index (χ0n) is 20.1. The maximum atomic E-state index is 13.7. The number of benzene rings is 2. The molecule has 2 aliphatic heterocycles. The highest BCUT2D eigenvalue weighted by Crippen LogP contribution is 2.36. The molecule has 0 unspecified atom stereocenters. The first-order valence-corrected chi connectivity index (χ1v) is 12.0. The second kappa shape index (κ2) is 11.1. The molecular weight excluding hydrogens is 458 g/mol. The average Bonchev–Trinajstić information content (AvgIpc) is 3.40. The highest BCUT2D eigenvalue weighted by Gasteiger charge is 2.26. The fraction of sp³-hybridized carbons (Fsp3) is 0.296. The summed E-state index contributed by atoms with van der Waals surface area (Å²) in [5, 5.41) is 0. The van der Waals surface area contributed by atoms with Crippen molar-refractivity contribution in [3.8, 4) is 17.2 Å². The van der Waals surface area contributed by atoms with Crippen molar-refractivity contribution in [1.29, 1.82) is 0 Å². The molecule has 36 heavy (non-hydrogen) atoms. The third-order valence-electron chi connectivity index (χ3n) is 6.19. The summed E-state index contributed by atoms with van der Waals surface area (Å²) in [5.41, 5.74) is 1.66. The molecule has 0 N–H and O–H groups in total. The van der Waals surface area contributed by atoms with Gasteiger partial charge < -0.3 is 24.0 Å². The number of carbonyl (C=O) groups excluding carboxylic acids is 1. The Balaban J connectivity index is 1.33. The number of carbonyl (C=O) groups is 1. The van der Waals surface area contributed by atoms with E-state index in [2.05, 4.69) is 26.3 Å². The van der Waals surface area contributed by atoms with Crippen LogP contribution in [0.25, 0.3) is 0 Å². The lowest BCUT2D eigenvalue weighted by Crippen LogP contribution is -2.50. The summed E-state index contributed by atoms with van der Waals surface area (Å²) in [6.45, 7) is 7.99. The van der Waals surface area contributed by atoms with Crippen LogP contribution in [0.5, 0.6) is 17.2 Å². The summed E-state index contributed by atoms with van der Waals surface area (Å²) < 4.78 is 16.9. The summed E-state index contributed by atoms with van der Waals surface area (Å²) in [4.78, 5) is 28.5. The van der Waals surface area contributed by atoms with Crippen molar-refractivity contribution >= 4 is 17.5 Å². The normalized spacial score (nSPS) is 14.9. The van der Waals surface area contributed by atoms with E-state index in [1.165, 1.54) is 0 Å². The van der Waals surface area contributed by atoms with Gasteiger partial charge in [-0.3, -0.25) is 9.69 Å². The number of aromatic nitrogens is 2. The lowest BCUT2D eigenvalue weighted by Gasteiger charge is -2.35. The number of rotatable bonds is 9. The van der Waals surface area contributed by atoms with Crippen LogP contribution < -0.4 is 24.0 Å². The summed E-state index contributed by atoms with van der Waals surface area (Å²) in [5.74, 6) is 2.77. The zero-order valence-corrected chi connectivity index (χ0v) is 20.1. The van der Waals surface area contributed by atoms with Crippen molar-refractivity contribution in [1.82, 2.24) is 14.9 Å². The van der Waals surface area contributed by atoms with E-state index in [4.69, 9.17) is 14.2 Å². The average molecular weight is 488 g/mol. The number of amides is 1.